The third-order valence-corrected chi connectivity index (χ3v) is 5.63. The summed E-state index contributed by atoms with van der Waals surface area (Å²) in [5.41, 5.74) is 1.07. The third kappa shape index (κ3) is 3.59. The second-order valence-electron chi connectivity index (χ2n) is 6.03. The SMILES string of the molecule is C[C@H]1CCCN(S(=O)(=O)Nc2cccc(N3CCOC3=O)c2)C1. The Morgan fingerprint density at radius 2 is 2.13 bits per heavy atom. The number of benzene rings is 1. The molecule has 0 radical (unpaired) electrons. The van der Waals surface area contributed by atoms with Crippen LogP contribution >= 0.6 is 0 Å². The number of ether oxygens (including phenoxy) is 1. The molecule has 23 heavy (non-hydrogen) atoms. The number of carbonyl (C=O) groups is 1. The van der Waals surface area contributed by atoms with Gasteiger partial charge in [-0.15, -0.1) is 0 Å². The average molecular weight is 339 g/mol. The Labute approximate surface area is 136 Å². The van der Waals surface area contributed by atoms with Gasteiger partial charge < -0.3 is 4.74 Å². The molecular weight excluding hydrogens is 318 g/mol. The van der Waals surface area contributed by atoms with Crippen LogP contribution in [0.2, 0.25) is 0 Å². The van der Waals surface area contributed by atoms with Gasteiger partial charge >= 0.3 is 16.3 Å². The molecule has 0 unspecified atom stereocenters. The monoisotopic (exact) mass is 339 g/mol. The number of piperidine rings is 1. The average Bonchev–Trinajstić information content (AvgIpc) is 2.93. The van der Waals surface area contributed by atoms with Crippen LogP contribution in [0.4, 0.5) is 16.2 Å². The number of nitrogens with zero attached hydrogens (tertiary/aromatic N) is 2. The summed E-state index contributed by atoms with van der Waals surface area (Å²) in [6.45, 7) is 3.95. The zero-order valence-corrected chi connectivity index (χ0v) is 13.9. The van der Waals surface area contributed by atoms with Crippen LogP contribution in [0.3, 0.4) is 0 Å². The van der Waals surface area contributed by atoms with Gasteiger partial charge in [-0.3, -0.25) is 9.62 Å². The van der Waals surface area contributed by atoms with E-state index in [1.165, 1.54) is 9.21 Å². The maximum absolute atomic E-state index is 12.5. The molecule has 8 heteroatoms. The fraction of sp³-hybridized carbons (Fsp3) is 0.533. The second-order valence-corrected chi connectivity index (χ2v) is 7.70. The van der Waals surface area contributed by atoms with E-state index in [0.717, 1.165) is 12.8 Å². The Balaban J connectivity index is 1.75. The lowest BCUT2D eigenvalue weighted by atomic mass is 10.0. The minimum atomic E-state index is -3.57. The van der Waals surface area contributed by atoms with Crippen LogP contribution in [0.1, 0.15) is 19.8 Å². The summed E-state index contributed by atoms with van der Waals surface area (Å²) < 4.78 is 34.0. The van der Waals surface area contributed by atoms with Crippen LogP contribution in [-0.2, 0) is 14.9 Å². The summed E-state index contributed by atoms with van der Waals surface area (Å²) in [4.78, 5) is 13.1. The minimum absolute atomic E-state index is 0.348. The highest BCUT2D eigenvalue weighted by Crippen LogP contribution is 2.25. The molecule has 0 bridgehead atoms. The van der Waals surface area contributed by atoms with Gasteiger partial charge in [0.1, 0.15) is 6.61 Å². The molecule has 126 valence electrons. The molecule has 0 saturated carbocycles. The molecule has 0 aliphatic carbocycles. The molecule has 0 aromatic heterocycles. The van der Waals surface area contributed by atoms with E-state index in [1.807, 2.05) is 0 Å². The molecule has 2 aliphatic heterocycles. The fourth-order valence-electron chi connectivity index (χ4n) is 2.94. The Kier molecular flexibility index (Phi) is 4.45. The number of cyclic esters (lactones) is 1. The topological polar surface area (TPSA) is 79.0 Å². The summed E-state index contributed by atoms with van der Waals surface area (Å²) in [6.07, 6.45) is 1.52. The smallest absolute Gasteiger partial charge is 0.414 e. The molecule has 7 nitrogen and oxygen atoms in total. The Morgan fingerprint density at radius 3 is 2.83 bits per heavy atom. The zero-order chi connectivity index (χ0) is 16.4. The normalized spacial score (nSPS) is 22.9. The van der Waals surface area contributed by atoms with Crippen LogP contribution in [0, 0.1) is 5.92 Å². The maximum atomic E-state index is 12.5. The first-order valence-corrected chi connectivity index (χ1v) is 9.22. The van der Waals surface area contributed by atoms with Crippen LogP contribution in [0.15, 0.2) is 24.3 Å². The van der Waals surface area contributed by atoms with E-state index < -0.39 is 16.3 Å². The predicted octanol–water partition coefficient (Wildman–Crippen LogP) is 2.03. The van der Waals surface area contributed by atoms with Gasteiger partial charge in [-0.25, -0.2) is 4.79 Å². The van der Waals surface area contributed by atoms with Crippen molar-refractivity contribution in [1.29, 1.82) is 0 Å². The molecule has 2 saturated heterocycles. The van der Waals surface area contributed by atoms with Crippen molar-refractivity contribution >= 4 is 27.7 Å². The van der Waals surface area contributed by atoms with E-state index >= 15 is 0 Å². The van der Waals surface area contributed by atoms with Crippen molar-refractivity contribution in [3.8, 4) is 0 Å². The summed E-state index contributed by atoms with van der Waals surface area (Å²) in [6, 6.07) is 6.80. The van der Waals surface area contributed by atoms with E-state index in [1.54, 1.807) is 24.3 Å². The quantitative estimate of drug-likeness (QED) is 0.910. The van der Waals surface area contributed by atoms with Gasteiger partial charge in [-0.05, 0) is 37.0 Å². The minimum Gasteiger partial charge on any atom is -0.447 e. The highest BCUT2D eigenvalue weighted by molar-refractivity contribution is 7.90. The first kappa shape index (κ1) is 16.1. The summed E-state index contributed by atoms with van der Waals surface area (Å²) in [5.74, 6) is 0.367. The number of anilines is 2. The molecule has 1 amide bonds. The predicted molar refractivity (Wildman–Crippen MR) is 87.6 cm³/mol. The van der Waals surface area contributed by atoms with Crippen LogP contribution in [-0.4, -0.2) is 45.1 Å². The first-order valence-electron chi connectivity index (χ1n) is 7.78. The van der Waals surface area contributed by atoms with Gasteiger partial charge in [0.2, 0.25) is 0 Å². The number of amides is 1. The zero-order valence-electron chi connectivity index (χ0n) is 13.1. The second kappa shape index (κ2) is 6.37. The molecule has 2 fully saturated rings. The fourth-order valence-corrected chi connectivity index (χ4v) is 4.32. The van der Waals surface area contributed by atoms with Gasteiger partial charge in [0.25, 0.3) is 0 Å². The molecule has 1 N–H and O–H groups in total. The Hall–Kier alpha value is -1.80. The number of rotatable bonds is 4. The van der Waals surface area contributed by atoms with Gasteiger partial charge in [-0.2, -0.15) is 12.7 Å². The van der Waals surface area contributed by atoms with Gasteiger partial charge in [-0.1, -0.05) is 13.0 Å². The number of nitrogens with one attached hydrogen (secondary N) is 1. The van der Waals surface area contributed by atoms with E-state index in [9.17, 15) is 13.2 Å². The maximum Gasteiger partial charge on any atom is 0.414 e. The highest BCUT2D eigenvalue weighted by Gasteiger charge is 2.28. The van der Waals surface area contributed by atoms with E-state index in [-0.39, 0.29) is 0 Å². The van der Waals surface area contributed by atoms with Crippen molar-refractivity contribution < 1.29 is 17.9 Å². The van der Waals surface area contributed by atoms with E-state index in [4.69, 9.17) is 4.74 Å². The molecule has 0 spiro atoms. The number of hydrogen-bond acceptors (Lipinski definition) is 4. The molecule has 3 rings (SSSR count). The molecule has 2 aliphatic rings. The lowest BCUT2D eigenvalue weighted by Gasteiger charge is -2.30. The van der Waals surface area contributed by atoms with Crippen LogP contribution in [0.25, 0.3) is 0 Å². The van der Waals surface area contributed by atoms with Crippen molar-refractivity contribution in [2.75, 3.05) is 35.9 Å². The summed E-state index contributed by atoms with van der Waals surface area (Å²) >= 11 is 0. The van der Waals surface area contributed by atoms with Crippen LogP contribution in [0.5, 0.6) is 0 Å². The molecule has 1 aromatic rings. The van der Waals surface area contributed by atoms with Gasteiger partial charge in [0.05, 0.1) is 12.2 Å². The summed E-state index contributed by atoms with van der Waals surface area (Å²) in [7, 11) is -3.57. The van der Waals surface area contributed by atoms with Crippen molar-refractivity contribution in [1.82, 2.24) is 4.31 Å². The van der Waals surface area contributed by atoms with Crippen molar-refractivity contribution in [2.24, 2.45) is 5.92 Å². The number of carbonyl (C=O) groups excluding carboxylic acids is 1. The third-order valence-electron chi connectivity index (χ3n) is 4.13. The first-order chi connectivity index (χ1) is 11.0. The summed E-state index contributed by atoms with van der Waals surface area (Å²) in [5, 5.41) is 0. The Bertz CT molecular complexity index is 692. The standard InChI is InChI=1S/C15H21N3O4S/c1-12-4-3-7-17(11-12)23(20,21)16-13-5-2-6-14(10-13)18-8-9-22-15(18)19/h2,5-6,10,12,16H,3-4,7-9,11H2,1H3/t12-/m0/s1. The van der Waals surface area contributed by atoms with E-state index in [0.29, 0.717) is 43.5 Å². The Morgan fingerprint density at radius 1 is 1.30 bits per heavy atom. The lowest BCUT2D eigenvalue weighted by molar-refractivity contribution is 0.181. The highest BCUT2D eigenvalue weighted by atomic mass is 32.2. The van der Waals surface area contributed by atoms with Gasteiger partial charge in [0, 0.05) is 18.8 Å². The molecule has 2 heterocycles. The van der Waals surface area contributed by atoms with Crippen molar-refractivity contribution in [3.05, 3.63) is 24.3 Å². The molecular formula is C15H21N3O4S. The number of hydrogen-bond donors (Lipinski definition) is 1. The van der Waals surface area contributed by atoms with Crippen molar-refractivity contribution in [3.63, 3.8) is 0 Å². The molecule has 1 aromatic carbocycles. The van der Waals surface area contributed by atoms with Crippen LogP contribution < -0.4 is 9.62 Å². The van der Waals surface area contributed by atoms with Gasteiger partial charge in [0.15, 0.2) is 0 Å². The van der Waals surface area contributed by atoms with Crippen molar-refractivity contribution in [2.45, 2.75) is 19.8 Å². The molecule has 1 atom stereocenters. The van der Waals surface area contributed by atoms with E-state index in [2.05, 4.69) is 11.6 Å². The largest absolute Gasteiger partial charge is 0.447 e. The lowest BCUT2D eigenvalue weighted by Crippen LogP contribution is -2.42.